The monoisotopic (exact) mass is 371 g/mol. The molecule has 7 nitrogen and oxygen atoms in total. The Hall–Kier alpha value is -3.42. The van der Waals surface area contributed by atoms with Crippen LogP contribution in [0.5, 0.6) is 11.5 Å². The van der Waals surface area contributed by atoms with Crippen LogP contribution in [0.15, 0.2) is 47.0 Å². The van der Waals surface area contributed by atoms with E-state index in [1.165, 1.54) is 19.2 Å². The van der Waals surface area contributed by atoms with Crippen molar-refractivity contribution in [1.29, 1.82) is 0 Å². The summed E-state index contributed by atoms with van der Waals surface area (Å²) in [6.07, 6.45) is 0.558. The first-order chi connectivity index (χ1) is 13.1. The zero-order chi connectivity index (χ0) is 19.2. The predicted molar refractivity (Wildman–Crippen MR) is 95.3 cm³/mol. The molecule has 3 aromatic rings. The lowest BCUT2D eigenvalue weighted by molar-refractivity contribution is 0.0910. The van der Waals surface area contributed by atoms with Crippen molar-refractivity contribution in [1.82, 2.24) is 15.5 Å². The van der Waals surface area contributed by atoms with Crippen molar-refractivity contribution in [2.45, 2.75) is 6.42 Å². The zero-order valence-corrected chi connectivity index (χ0v) is 14.9. The Kier molecular flexibility index (Phi) is 5.65. The van der Waals surface area contributed by atoms with Crippen molar-refractivity contribution >= 4 is 5.91 Å². The van der Waals surface area contributed by atoms with Gasteiger partial charge in [-0.2, -0.15) is 4.98 Å². The molecule has 0 fully saturated rings. The minimum atomic E-state index is -0.476. The number of hydrogen-bond acceptors (Lipinski definition) is 6. The molecule has 1 amide bonds. The zero-order valence-electron chi connectivity index (χ0n) is 14.9. The van der Waals surface area contributed by atoms with E-state index in [9.17, 15) is 9.18 Å². The van der Waals surface area contributed by atoms with Gasteiger partial charge in [0, 0.05) is 12.1 Å². The summed E-state index contributed by atoms with van der Waals surface area (Å²) in [5, 5.41) is 6.52. The van der Waals surface area contributed by atoms with Crippen molar-refractivity contribution in [3.8, 4) is 22.9 Å². The highest BCUT2D eigenvalue weighted by atomic mass is 19.1. The standard InChI is InChI=1S/C19H18FN3O4/c1-25-15-8-5-13(11-16(15)26-2)17-22-19(27-23-17)18(24)21-10-9-12-3-6-14(20)7-4-12/h3-8,11H,9-10H2,1-2H3,(H,21,24). The lowest BCUT2D eigenvalue weighted by Crippen LogP contribution is -2.26. The maximum Gasteiger partial charge on any atom is 0.316 e. The molecule has 2 aromatic carbocycles. The van der Waals surface area contributed by atoms with Crippen molar-refractivity contribution in [2.75, 3.05) is 20.8 Å². The van der Waals surface area contributed by atoms with E-state index >= 15 is 0 Å². The molecular formula is C19H18FN3O4. The minimum Gasteiger partial charge on any atom is -0.493 e. The van der Waals surface area contributed by atoms with Crippen LogP contribution in [0.25, 0.3) is 11.4 Å². The molecule has 8 heteroatoms. The number of aromatic nitrogens is 2. The lowest BCUT2D eigenvalue weighted by Gasteiger charge is -2.07. The molecule has 0 bridgehead atoms. The number of nitrogens with one attached hydrogen (secondary N) is 1. The number of carbonyl (C=O) groups excluding carboxylic acids is 1. The fourth-order valence-electron chi connectivity index (χ4n) is 2.46. The van der Waals surface area contributed by atoms with E-state index in [-0.39, 0.29) is 17.5 Å². The van der Waals surface area contributed by atoms with Crippen LogP contribution in [0.3, 0.4) is 0 Å². The Balaban J connectivity index is 1.62. The second-order valence-corrected chi connectivity index (χ2v) is 5.63. The maximum absolute atomic E-state index is 12.9. The average molecular weight is 371 g/mol. The van der Waals surface area contributed by atoms with Crippen molar-refractivity contribution in [3.05, 3.63) is 59.7 Å². The quantitative estimate of drug-likeness (QED) is 0.687. The number of rotatable bonds is 7. The molecule has 0 unspecified atom stereocenters. The number of ether oxygens (including phenoxy) is 2. The van der Waals surface area contributed by atoms with Gasteiger partial charge in [0.05, 0.1) is 14.2 Å². The molecule has 0 radical (unpaired) electrons. The third kappa shape index (κ3) is 4.41. The van der Waals surface area contributed by atoms with E-state index in [1.807, 2.05) is 0 Å². The summed E-state index contributed by atoms with van der Waals surface area (Å²) in [5.41, 5.74) is 1.54. The highest BCUT2D eigenvalue weighted by Gasteiger charge is 2.17. The molecule has 3 rings (SSSR count). The van der Waals surface area contributed by atoms with Crippen LogP contribution in [0.1, 0.15) is 16.2 Å². The molecule has 1 aromatic heterocycles. The summed E-state index contributed by atoms with van der Waals surface area (Å²) >= 11 is 0. The van der Waals surface area contributed by atoms with Crippen LogP contribution < -0.4 is 14.8 Å². The van der Waals surface area contributed by atoms with Gasteiger partial charge in [0.25, 0.3) is 0 Å². The number of nitrogens with zero attached hydrogens (tertiary/aromatic N) is 2. The van der Waals surface area contributed by atoms with Gasteiger partial charge in [-0.25, -0.2) is 4.39 Å². The first kappa shape index (κ1) is 18.4. The van der Waals surface area contributed by atoms with Crippen LogP contribution in [0.2, 0.25) is 0 Å². The topological polar surface area (TPSA) is 86.5 Å². The molecule has 140 valence electrons. The molecule has 0 saturated heterocycles. The van der Waals surface area contributed by atoms with Gasteiger partial charge < -0.3 is 19.3 Å². The Morgan fingerprint density at radius 2 is 1.85 bits per heavy atom. The van der Waals surface area contributed by atoms with Crippen molar-refractivity contribution in [2.24, 2.45) is 0 Å². The fraction of sp³-hybridized carbons (Fsp3) is 0.211. The normalized spacial score (nSPS) is 10.5. The molecule has 0 saturated carbocycles. The third-order valence-corrected chi connectivity index (χ3v) is 3.87. The summed E-state index contributed by atoms with van der Waals surface area (Å²) < 4.78 is 28.3. The number of carbonyl (C=O) groups is 1. The largest absolute Gasteiger partial charge is 0.493 e. The van der Waals surface area contributed by atoms with E-state index in [0.717, 1.165) is 5.56 Å². The van der Waals surface area contributed by atoms with Crippen LogP contribution in [-0.4, -0.2) is 36.8 Å². The van der Waals surface area contributed by atoms with E-state index in [1.54, 1.807) is 37.4 Å². The molecule has 0 aliphatic heterocycles. The number of methoxy groups -OCH3 is 2. The summed E-state index contributed by atoms with van der Waals surface area (Å²) in [4.78, 5) is 16.3. The molecule has 0 spiro atoms. The van der Waals surface area contributed by atoms with Gasteiger partial charge in [0.15, 0.2) is 11.5 Å². The Bertz CT molecular complexity index is 925. The number of benzene rings is 2. The maximum atomic E-state index is 12.9. The molecule has 0 aliphatic rings. The summed E-state index contributed by atoms with van der Waals surface area (Å²) in [7, 11) is 3.07. The van der Waals surface area contributed by atoms with E-state index < -0.39 is 5.91 Å². The van der Waals surface area contributed by atoms with E-state index in [0.29, 0.717) is 30.0 Å². The van der Waals surface area contributed by atoms with Gasteiger partial charge in [0.1, 0.15) is 5.82 Å². The van der Waals surface area contributed by atoms with Crippen LogP contribution in [0.4, 0.5) is 4.39 Å². The van der Waals surface area contributed by atoms with Gasteiger partial charge in [0.2, 0.25) is 5.82 Å². The highest BCUT2D eigenvalue weighted by Crippen LogP contribution is 2.31. The molecule has 0 aliphatic carbocycles. The second-order valence-electron chi connectivity index (χ2n) is 5.63. The summed E-state index contributed by atoms with van der Waals surface area (Å²) in [5.74, 6) is 0.444. The predicted octanol–water partition coefficient (Wildman–Crippen LogP) is 2.87. The third-order valence-electron chi connectivity index (χ3n) is 3.87. The van der Waals surface area contributed by atoms with Gasteiger partial charge in [-0.05, 0) is 42.3 Å². The van der Waals surface area contributed by atoms with Crippen LogP contribution in [-0.2, 0) is 6.42 Å². The SMILES string of the molecule is COc1ccc(-c2noc(C(=O)NCCc3ccc(F)cc3)n2)cc1OC. The number of amides is 1. The van der Waals surface area contributed by atoms with Gasteiger partial charge in [-0.1, -0.05) is 17.3 Å². The molecular weight excluding hydrogens is 353 g/mol. The highest BCUT2D eigenvalue weighted by molar-refractivity contribution is 5.89. The second kappa shape index (κ2) is 8.31. The average Bonchev–Trinajstić information content (AvgIpc) is 3.19. The van der Waals surface area contributed by atoms with Crippen LogP contribution >= 0.6 is 0 Å². The van der Waals surface area contributed by atoms with Crippen molar-refractivity contribution in [3.63, 3.8) is 0 Å². The molecule has 27 heavy (non-hydrogen) atoms. The molecule has 1 heterocycles. The first-order valence-electron chi connectivity index (χ1n) is 8.19. The molecule has 0 atom stereocenters. The van der Waals surface area contributed by atoms with E-state index in [2.05, 4.69) is 15.5 Å². The smallest absolute Gasteiger partial charge is 0.316 e. The lowest BCUT2D eigenvalue weighted by atomic mass is 10.1. The summed E-state index contributed by atoms with van der Waals surface area (Å²) in [6.45, 7) is 0.360. The van der Waals surface area contributed by atoms with Crippen LogP contribution in [0, 0.1) is 5.82 Å². The Morgan fingerprint density at radius 1 is 1.11 bits per heavy atom. The van der Waals surface area contributed by atoms with Gasteiger partial charge in [-0.3, -0.25) is 4.79 Å². The Morgan fingerprint density at radius 3 is 2.56 bits per heavy atom. The Labute approximate surface area is 155 Å². The van der Waals surface area contributed by atoms with E-state index in [4.69, 9.17) is 14.0 Å². The number of hydrogen-bond donors (Lipinski definition) is 1. The van der Waals surface area contributed by atoms with Crippen molar-refractivity contribution < 1.29 is 23.2 Å². The molecule has 1 N–H and O–H groups in total. The first-order valence-corrected chi connectivity index (χ1v) is 8.19. The van der Waals surface area contributed by atoms with Gasteiger partial charge >= 0.3 is 11.8 Å². The van der Waals surface area contributed by atoms with Gasteiger partial charge in [-0.15, -0.1) is 0 Å². The summed E-state index contributed by atoms with van der Waals surface area (Å²) in [6, 6.07) is 11.2. The fourth-order valence-corrected chi connectivity index (χ4v) is 2.46. The number of halogens is 1. The minimum absolute atomic E-state index is 0.140.